The molecule has 4 N–H and O–H groups in total. The minimum Gasteiger partial charge on any atom is -0.472 e. The lowest BCUT2D eigenvalue weighted by Gasteiger charge is -2.23. The molecule has 0 fully saturated rings. The summed E-state index contributed by atoms with van der Waals surface area (Å²) < 4.78 is 19.7. The van der Waals surface area contributed by atoms with Crippen LogP contribution >= 0.6 is 9.24 Å². The number of nitrogens with zero attached hydrogens (tertiary/aromatic N) is 4. The van der Waals surface area contributed by atoms with Crippen molar-refractivity contribution in [2.75, 3.05) is 7.05 Å². The lowest BCUT2D eigenvalue weighted by atomic mass is 10.0. The van der Waals surface area contributed by atoms with Crippen LogP contribution in [0.2, 0.25) is 0 Å². The molecule has 1 aromatic carbocycles. The zero-order chi connectivity index (χ0) is 19.3. The summed E-state index contributed by atoms with van der Waals surface area (Å²) in [6.45, 7) is 1.89. The number of amides is 2. The monoisotopic (exact) mass is 380 g/mol. The molecule has 0 aliphatic rings. The first kappa shape index (κ1) is 20.0. The summed E-state index contributed by atoms with van der Waals surface area (Å²) in [5.74, 6) is 10.2. The largest absolute Gasteiger partial charge is 0.472 e. The number of aryl methyl sites for hydroxylation is 1. The van der Waals surface area contributed by atoms with Gasteiger partial charge in [0.15, 0.2) is 0 Å². The van der Waals surface area contributed by atoms with E-state index in [9.17, 15) is 9.18 Å². The van der Waals surface area contributed by atoms with Crippen LogP contribution in [-0.2, 0) is 13.2 Å². The van der Waals surface area contributed by atoms with Crippen LogP contribution in [0.1, 0.15) is 28.3 Å². The summed E-state index contributed by atoms with van der Waals surface area (Å²) in [6.07, 6.45) is 3.08. The fourth-order valence-corrected chi connectivity index (χ4v) is 2.66. The van der Waals surface area contributed by atoms with Gasteiger partial charge in [-0.15, -0.1) is 0 Å². The number of alkyl halides is 1. The molecule has 10 heteroatoms. The number of ether oxygens (including phenoxy) is 1. The van der Waals surface area contributed by atoms with Crippen molar-refractivity contribution in [1.29, 1.82) is 0 Å². The molecule has 0 aliphatic carbocycles. The van der Waals surface area contributed by atoms with Crippen LogP contribution in [0.5, 0.6) is 5.88 Å². The molecule has 1 aromatic heterocycles. The Morgan fingerprint density at radius 3 is 2.73 bits per heavy atom. The number of rotatable bonds is 6. The van der Waals surface area contributed by atoms with Gasteiger partial charge in [-0.25, -0.2) is 25.9 Å². The lowest BCUT2D eigenvalue weighted by molar-refractivity contribution is 0.161. The van der Waals surface area contributed by atoms with Crippen LogP contribution in [0.25, 0.3) is 0 Å². The van der Waals surface area contributed by atoms with Crippen LogP contribution in [0, 0.1) is 6.92 Å². The molecule has 2 rings (SSSR count). The molecule has 140 valence electrons. The van der Waals surface area contributed by atoms with Gasteiger partial charge in [-0.2, -0.15) is 0 Å². The highest BCUT2D eigenvalue weighted by molar-refractivity contribution is 7.16. The van der Waals surface area contributed by atoms with Gasteiger partial charge in [-0.3, -0.25) is 15.0 Å². The summed E-state index contributed by atoms with van der Waals surface area (Å²) in [5.41, 5.74) is 2.36. The van der Waals surface area contributed by atoms with E-state index >= 15 is 0 Å². The van der Waals surface area contributed by atoms with Gasteiger partial charge >= 0.3 is 6.03 Å². The van der Waals surface area contributed by atoms with Crippen LogP contribution in [0.4, 0.5) is 9.18 Å². The van der Waals surface area contributed by atoms with Crippen molar-refractivity contribution < 1.29 is 13.9 Å². The van der Waals surface area contributed by atoms with Gasteiger partial charge in [0.2, 0.25) is 5.88 Å². The number of urea groups is 1. The quantitative estimate of drug-likeness (QED) is 0.342. The lowest BCUT2D eigenvalue weighted by Crippen LogP contribution is -2.47. The standard InChI is InChI=1S/C16H22FN6O2P/c1-10-6-20-7-14(21-10)25-9-13-11(4-3-5-12(13)15(17)26)8-23(19)16(24)22(2)18/h3-7,15H,8-9,18-19,26H2,1-2H3. The van der Waals surface area contributed by atoms with Gasteiger partial charge in [0.05, 0.1) is 18.4 Å². The van der Waals surface area contributed by atoms with Crippen molar-refractivity contribution in [3.8, 4) is 5.88 Å². The molecule has 2 amide bonds. The predicted octanol–water partition coefficient (Wildman–Crippen LogP) is 1.81. The van der Waals surface area contributed by atoms with E-state index in [4.69, 9.17) is 16.4 Å². The average molecular weight is 380 g/mol. The Kier molecular flexibility index (Phi) is 6.79. The van der Waals surface area contributed by atoms with E-state index in [1.807, 2.05) is 0 Å². The number of hydrogen-bond acceptors (Lipinski definition) is 6. The predicted molar refractivity (Wildman–Crippen MR) is 98.2 cm³/mol. The Labute approximate surface area is 153 Å². The summed E-state index contributed by atoms with van der Waals surface area (Å²) in [7, 11) is 3.49. The highest BCUT2D eigenvalue weighted by atomic mass is 31.0. The number of benzene rings is 1. The number of nitrogens with two attached hydrogens (primary N) is 2. The third-order valence-corrected chi connectivity index (χ3v) is 3.95. The Bertz CT molecular complexity index is 774. The molecule has 0 aliphatic heterocycles. The fourth-order valence-electron chi connectivity index (χ4n) is 2.35. The van der Waals surface area contributed by atoms with Gasteiger partial charge in [0.1, 0.15) is 12.5 Å². The van der Waals surface area contributed by atoms with Crippen molar-refractivity contribution >= 4 is 15.3 Å². The molecular formula is C16H22FN6O2P. The molecule has 1 heterocycles. The summed E-state index contributed by atoms with van der Waals surface area (Å²) >= 11 is 0. The summed E-state index contributed by atoms with van der Waals surface area (Å²) in [6, 6.07) is 4.52. The van der Waals surface area contributed by atoms with E-state index in [-0.39, 0.29) is 13.2 Å². The number of aromatic nitrogens is 2. The first-order chi connectivity index (χ1) is 12.3. The topological polar surface area (TPSA) is 111 Å². The highest BCUT2D eigenvalue weighted by Gasteiger charge is 2.19. The number of hydrogen-bond donors (Lipinski definition) is 2. The summed E-state index contributed by atoms with van der Waals surface area (Å²) in [4.78, 5) is 20.1. The van der Waals surface area contributed by atoms with Crippen molar-refractivity contribution in [1.82, 2.24) is 20.0 Å². The van der Waals surface area contributed by atoms with Gasteiger partial charge in [-0.05, 0) is 18.1 Å². The molecule has 0 radical (unpaired) electrons. The molecule has 2 atom stereocenters. The Hall–Kier alpha value is -2.35. The maximum atomic E-state index is 14.0. The second-order valence-electron chi connectivity index (χ2n) is 5.70. The van der Waals surface area contributed by atoms with E-state index in [0.717, 1.165) is 10.0 Å². The molecule has 0 saturated carbocycles. The molecular weight excluding hydrogens is 358 g/mol. The van der Waals surface area contributed by atoms with E-state index in [0.29, 0.717) is 28.3 Å². The molecule has 8 nitrogen and oxygen atoms in total. The molecule has 0 spiro atoms. The van der Waals surface area contributed by atoms with Gasteiger partial charge in [-0.1, -0.05) is 27.4 Å². The number of carbonyl (C=O) groups is 1. The molecule has 0 bridgehead atoms. The minimum absolute atomic E-state index is 0.0454. The first-order valence-corrected chi connectivity index (χ1v) is 8.42. The minimum atomic E-state index is -1.30. The van der Waals surface area contributed by atoms with Crippen molar-refractivity contribution in [3.05, 3.63) is 53.0 Å². The van der Waals surface area contributed by atoms with Crippen LogP contribution in [-0.4, -0.2) is 33.1 Å². The smallest absolute Gasteiger partial charge is 0.348 e. The zero-order valence-electron chi connectivity index (χ0n) is 14.6. The average Bonchev–Trinajstić information content (AvgIpc) is 2.59. The second kappa shape index (κ2) is 8.84. The maximum absolute atomic E-state index is 14.0. The highest BCUT2D eigenvalue weighted by Crippen LogP contribution is 2.30. The first-order valence-electron chi connectivity index (χ1n) is 7.76. The summed E-state index contributed by atoms with van der Waals surface area (Å²) in [5, 5.41) is 1.82. The third kappa shape index (κ3) is 5.08. The number of halogens is 1. The van der Waals surface area contributed by atoms with Gasteiger partial charge in [0, 0.05) is 18.8 Å². The zero-order valence-corrected chi connectivity index (χ0v) is 15.7. The molecule has 0 saturated heterocycles. The van der Waals surface area contributed by atoms with E-state index < -0.39 is 11.9 Å². The molecule has 2 aromatic rings. The van der Waals surface area contributed by atoms with Crippen LogP contribution in [0.15, 0.2) is 30.6 Å². The van der Waals surface area contributed by atoms with Gasteiger partial charge < -0.3 is 4.74 Å². The Morgan fingerprint density at radius 1 is 1.38 bits per heavy atom. The third-order valence-electron chi connectivity index (χ3n) is 3.59. The van der Waals surface area contributed by atoms with Crippen LogP contribution in [0.3, 0.4) is 0 Å². The number of hydrazine groups is 2. The van der Waals surface area contributed by atoms with Crippen molar-refractivity contribution in [2.24, 2.45) is 11.7 Å². The van der Waals surface area contributed by atoms with E-state index in [1.165, 1.54) is 13.2 Å². The molecule has 2 unspecified atom stereocenters. The molecule has 26 heavy (non-hydrogen) atoms. The number of carbonyl (C=O) groups excluding carboxylic acids is 1. The van der Waals surface area contributed by atoms with E-state index in [2.05, 4.69) is 19.2 Å². The maximum Gasteiger partial charge on any atom is 0.348 e. The van der Waals surface area contributed by atoms with E-state index in [1.54, 1.807) is 31.3 Å². The normalized spacial score (nSPS) is 11.8. The fraction of sp³-hybridized carbons (Fsp3) is 0.312. The Morgan fingerprint density at radius 2 is 2.12 bits per heavy atom. The second-order valence-corrected chi connectivity index (χ2v) is 6.28. The van der Waals surface area contributed by atoms with Crippen molar-refractivity contribution in [3.63, 3.8) is 0 Å². The Balaban J connectivity index is 2.28. The SMILES string of the molecule is Cc1cncc(OCc2c(CN(N)C(=O)N(C)N)cccc2C(F)P)n1. The van der Waals surface area contributed by atoms with Crippen LogP contribution < -0.4 is 16.4 Å². The van der Waals surface area contributed by atoms with Crippen molar-refractivity contribution in [2.45, 2.75) is 26.0 Å². The van der Waals surface area contributed by atoms with Gasteiger partial charge in [0.25, 0.3) is 0 Å².